The Morgan fingerprint density at radius 1 is 1.20 bits per heavy atom. The smallest absolute Gasteiger partial charge is 0.266 e. The number of anilines is 1. The van der Waals surface area contributed by atoms with E-state index in [9.17, 15) is 19.5 Å². The monoisotopic (exact) mass is 378 g/mol. The average molecular weight is 379 g/mol. The predicted molar refractivity (Wildman–Crippen MR) is 94.1 cm³/mol. The van der Waals surface area contributed by atoms with E-state index in [1.165, 1.54) is 24.1 Å². The highest BCUT2D eigenvalue weighted by atomic mass is 35.5. The zero-order chi connectivity index (χ0) is 18.3. The third-order valence-electron chi connectivity index (χ3n) is 3.86. The first-order valence-electron chi connectivity index (χ1n) is 7.22. The summed E-state index contributed by atoms with van der Waals surface area (Å²) in [6.45, 7) is 1.20. The molecule has 0 radical (unpaired) electrons. The molecule has 1 atom stereocenters. The minimum atomic E-state index is -0.925. The third-order valence-corrected chi connectivity index (χ3v) is 4.40. The molecule has 2 heterocycles. The molecule has 1 aliphatic rings. The van der Waals surface area contributed by atoms with Crippen LogP contribution in [0.3, 0.4) is 0 Å². The molecule has 25 heavy (non-hydrogen) atoms. The van der Waals surface area contributed by atoms with Gasteiger partial charge in [-0.1, -0.05) is 35.3 Å². The molecule has 1 aromatic heterocycles. The lowest BCUT2D eigenvalue weighted by atomic mass is 10.0. The molecule has 0 bridgehead atoms. The van der Waals surface area contributed by atoms with Gasteiger partial charge in [-0.05, 0) is 30.7 Å². The number of aromatic amines is 1. The summed E-state index contributed by atoms with van der Waals surface area (Å²) in [7, 11) is 0. The number of Topliss-reactive ketones (excluding diaryl/α,β-unsaturated/α-hetero) is 1. The van der Waals surface area contributed by atoms with Crippen molar-refractivity contribution < 1.29 is 14.7 Å². The Bertz CT molecular complexity index is 963. The summed E-state index contributed by atoms with van der Waals surface area (Å²) in [6.07, 6.45) is 1.30. The minimum absolute atomic E-state index is 0.115. The van der Waals surface area contributed by atoms with Crippen LogP contribution in [-0.2, 0) is 9.59 Å². The third kappa shape index (κ3) is 2.94. The van der Waals surface area contributed by atoms with Gasteiger partial charge in [-0.25, -0.2) is 0 Å². The number of nitrogens with zero attached hydrogens (tertiary/aromatic N) is 1. The van der Waals surface area contributed by atoms with Gasteiger partial charge in [0.05, 0.1) is 5.69 Å². The van der Waals surface area contributed by atoms with Crippen LogP contribution in [0.25, 0.3) is 0 Å². The molecule has 2 aromatic rings. The number of benzene rings is 1. The normalized spacial score (nSPS) is 17.3. The molecular weight excluding hydrogens is 367 g/mol. The summed E-state index contributed by atoms with van der Waals surface area (Å²) in [5.74, 6) is -1.59. The first kappa shape index (κ1) is 17.3. The van der Waals surface area contributed by atoms with Crippen molar-refractivity contribution in [1.82, 2.24) is 4.98 Å². The van der Waals surface area contributed by atoms with Crippen LogP contribution >= 0.6 is 23.2 Å². The highest BCUT2D eigenvalue weighted by Gasteiger charge is 2.43. The quantitative estimate of drug-likeness (QED) is 0.802. The summed E-state index contributed by atoms with van der Waals surface area (Å²) in [6, 6.07) is 6.87. The molecule has 0 spiro atoms. The van der Waals surface area contributed by atoms with Gasteiger partial charge in [0, 0.05) is 11.2 Å². The highest BCUT2D eigenvalue weighted by Crippen LogP contribution is 2.40. The molecule has 1 aromatic carbocycles. The number of ketones is 1. The van der Waals surface area contributed by atoms with Gasteiger partial charge in [0.2, 0.25) is 0 Å². The van der Waals surface area contributed by atoms with Crippen molar-refractivity contribution in [2.45, 2.75) is 13.0 Å². The van der Waals surface area contributed by atoms with Crippen molar-refractivity contribution in [3.05, 3.63) is 73.8 Å². The molecule has 0 aliphatic carbocycles. The number of hydrogen-bond acceptors (Lipinski definition) is 4. The van der Waals surface area contributed by atoms with Crippen LogP contribution < -0.4 is 10.5 Å². The Morgan fingerprint density at radius 3 is 2.40 bits per heavy atom. The number of aliphatic hydroxyl groups is 1. The second-order valence-corrected chi connectivity index (χ2v) is 6.32. The second kappa shape index (κ2) is 6.38. The number of rotatable bonds is 3. The zero-order valence-electron chi connectivity index (χ0n) is 12.9. The van der Waals surface area contributed by atoms with Crippen LogP contribution in [0.4, 0.5) is 5.69 Å². The summed E-state index contributed by atoms with van der Waals surface area (Å²) in [5, 5.41) is 10.9. The van der Waals surface area contributed by atoms with Crippen molar-refractivity contribution in [2.24, 2.45) is 0 Å². The number of carbonyl (C=O) groups excluding carboxylic acids is 2. The summed E-state index contributed by atoms with van der Waals surface area (Å²) < 4.78 is 0. The molecule has 6 nitrogen and oxygen atoms in total. The van der Waals surface area contributed by atoms with Crippen LogP contribution in [0.5, 0.6) is 0 Å². The molecule has 8 heteroatoms. The van der Waals surface area contributed by atoms with E-state index in [1.807, 2.05) is 0 Å². The highest BCUT2D eigenvalue weighted by molar-refractivity contribution is 6.31. The van der Waals surface area contributed by atoms with Crippen LogP contribution in [0.1, 0.15) is 18.5 Å². The van der Waals surface area contributed by atoms with E-state index in [0.717, 1.165) is 0 Å². The van der Waals surface area contributed by atoms with Gasteiger partial charge in [0.15, 0.2) is 5.78 Å². The van der Waals surface area contributed by atoms with Crippen LogP contribution in [0.2, 0.25) is 10.0 Å². The Kier molecular flexibility index (Phi) is 4.41. The fraction of sp³-hybridized carbons (Fsp3) is 0.118. The number of aromatic nitrogens is 1. The fourth-order valence-electron chi connectivity index (χ4n) is 2.74. The molecule has 0 saturated heterocycles. The molecule has 1 aliphatic heterocycles. The van der Waals surface area contributed by atoms with E-state index in [1.54, 1.807) is 24.3 Å². The van der Waals surface area contributed by atoms with Gasteiger partial charge in [0.1, 0.15) is 22.4 Å². The van der Waals surface area contributed by atoms with E-state index >= 15 is 0 Å². The van der Waals surface area contributed by atoms with E-state index in [0.29, 0.717) is 10.6 Å². The lowest BCUT2D eigenvalue weighted by Gasteiger charge is -2.25. The molecule has 3 rings (SSSR count). The van der Waals surface area contributed by atoms with E-state index in [4.69, 9.17) is 23.2 Å². The van der Waals surface area contributed by atoms with Gasteiger partial charge < -0.3 is 10.1 Å². The van der Waals surface area contributed by atoms with E-state index in [-0.39, 0.29) is 22.0 Å². The Balaban J connectivity index is 2.19. The number of carbonyl (C=O) groups is 2. The average Bonchev–Trinajstić information content (AvgIpc) is 2.82. The van der Waals surface area contributed by atoms with Crippen molar-refractivity contribution >= 4 is 40.6 Å². The van der Waals surface area contributed by atoms with Crippen LogP contribution in [0.15, 0.2) is 52.7 Å². The van der Waals surface area contributed by atoms with Gasteiger partial charge in [-0.15, -0.1) is 0 Å². The SMILES string of the molecule is CC(=O)C1=C(O)C(c2ccc(Cl)cc2)N(c2c[nH]c(=O)c(Cl)c2)C1=O. The summed E-state index contributed by atoms with van der Waals surface area (Å²) >= 11 is 11.7. The second-order valence-electron chi connectivity index (χ2n) is 5.48. The van der Waals surface area contributed by atoms with Gasteiger partial charge in [0.25, 0.3) is 11.5 Å². The Hall–Kier alpha value is -2.57. The zero-order valence-corrected chi connectivity index (χ0v) is 14.4. The molecular formula is C17H12Cl2N2O4. The topological polar surface area (TPSA) is 90.5 Å². The number of aliphatic hydroxyl groups excluding tert-OH is 1. The van der Waals surface area contributed by atoms with Gasteiger partial charge in [-0.3, -0.25) is 19.3 Å². The fourth-order valence-corrected chi connectivity index (χ4v) is 3.03. The number of H-pyrrole nitrogens is 1. The Labute approximate surface area is 152 Å². The largest absolute Gasteiger partial charge is 0.509 e. The van der Waals surface area contributed by atoms with E-state index < -0.39 is 23.3 Å². The van der Waals surface area contributed by atoms with Crippen molar-refractivity contribution in [1.29, 1.82) is 0 Å². The van der Waals surface area contributed by atoms with E-state index in [2.05, 4.69) is 4.98 Å². The first-order valence-corrected chi connectivity index (χ1v) is 7.98. The summed E-state index contributed by atoms with van der Waals surface area (Å²) in [5.41, 5.74) is -0.0162. The molecule has 1 amide bonds. The predicted octanol–water partition coefficient (Wildman–Crippen LogP) is 3.17. The number of hydrogen-bond donors (Lipinski definition) is 2. The lowest BCUT2D eigenvalue weighted by Crippen LogP contribution is -2.31. The van der Waals surface area contributed by atoms with Crippen LogP contribution in [-0.4, -0.2) is 21.8 Å². The molecule has 0 saturated carbocycles. The lowest BCUT2D eigenvalue weighted by molar-refractivity contribution is -0.119. The van der Waals surface area contributed by atoms with Gasteiger partial charge >= 0.3 is 0 Å². The number of pyridine rings is 1. The summed E-state index contributed by atoms with van der Waals surface area (Å²) in [4.78, 5) is 39.7. The minimum Gasteiger partial charge on any atom is -0.509 e. The maximum absolute atomic E-state index is 12.7. The number of nitrogens with one attached hydrogen (secondary N) is 1. The molecule has 2 N–H and O–H groups in total. The van der Waals surface area contributed by atoms with Gasteiger partial charge in [-0.2, -0.15) is 0 Å². The van der Waals surface area contributed by atoms with Crippen LogP contribution in [0, 0.1) is 0 Å². The standard InChI is InChI=1S/C17H12Cl2N2O4/c1-8(22)13-15(23)14(9-2-4-10(18)5-3-9)21(17(13)25)11-6-12(19)16(24)20-7-11/h2-7,14,23H,1H3,(H,20,24). The maximum atomic E-state index is 12.7. The number of halogens is 2. The molecule has 1 unspecified atom stereocenters. The van der Waals surface area contributed by atoms with Crippen molar-refractivity contribution in [3.63, 3.8) is 0 Å². The maximum Gasteiger partial charge on any atom is 0.266 e. The number of amides is 1. The Morgan fingerprint density at radius 2 is 1.84 bits per heavy atom. The molecule has 128 valence electrons. The molecule has 0 fully saturated rings. The first-order chi connectivity index (χ1) is 11.8. The van der Waals surface area contributed by atoms with Crippen molar-refractivity contribution in [3.8, 4) is 0 Å². The van der Waals surface area contributed by atoms with Crippen molar-refractivity contribution in [2.75, 3.05) is 4.90 Å².